The monoisotopic (exact) mass is 450 g/mol. The van der Waals surface area contributed by atoms with Crippen LogP contribution in [0.25, 0.3) is 11.1 Å². The summed E-state index contributed by atoms with van der Waals surface area (Å²) in [4.78, 5) is 38.4. The van der Waals surface area contributed by atoms with Crippen molar-refractivity contribution in [3.63, 3.8) is 0 Å². The minimum atomic E-state index is -0.875. The van der Waals surface area contributed by atoms with E-state index in [-0.39, 0.29) is 31.5 Å². The number of rotatable bonds is 7. The van der Waals surface area contributed by atoms with Crippen molar-refractivity contribution in [3.05, 3.63) is 59.7 Å². The number of carbonyl (C=O) groups is 3. The summed E-state index contributed by atoms with van der Waals surface area (Å²) in [7, 11) is 0. The summed E-state index contributed by atoms with van der Waals surface area (Å²) in [5.41, 5.74) is 3.79. The van der Waals surface area contributed by atoms with Crippen LogP contribution in [0.3, 0.4) is 0 Å². The van der Waals surface area contributed by atoms with Crippen molar-refractivity contribution < 1.29 is 24.2 Å². The molecule has 2 aromatic carbocycles. The molecule has 7 heteroatoms. The Morgan fingerprint density at radius 3 is 2.24 bits per heavy atom. The Labute approximate surface area is 193 Å². The van der Waals surface area contributed by atoms with Crippen molar-refractivity contribution in [2.24, 2.45) is 11.3 Å². The molecular weight excluding hydrogens is 420 g/mol. The average Bonchev–Trinajstić information content (AvgIpc) is 3.44. The molecule has 2 unspecified atom stereocenters. The molecule has 1 saturated heterocycles. The van der Waals surface area contributed by atoms with Gasteiger partial charge in [0.05, 0.1) is 11.3 Å². The topological polar surface area (TPSA) is 95.9 Å². The van der Waals surface area contributed by atoms with E-state index < -0.39 is 23.4 Å². The van der Waals surface area contributed by atoms with Crippen molar-refractivity contribution in [1.29, 1.82) is 0 Å². The van der Waals surface area contributed by atoms with Gasteiger partial charge < -0.3 is 20.1 Å². The third kappa shape index (κ3) is 4.45. The first-order chi connectivity index (χ1) is 15.8. The Bertz CT molecular complexity index is 1020. The zero-order chi connectivity index (χ0) is 23.6. The van der Waals surface area contributed by atoms with Gasteiger partial charge in [-0.3, -0.25) is 9.59 Å². The van der Waals surface area contributed by atoms with Crippen LogP contribution in [0.1, 0.15) is 43.7 Å². The van der Waals surface area contributed by atoms with E-state index >= 15 is 0 Å². The van der Waals surface area contributed by atoms with Crippen molar-refractivity contribution >= 4 is 18.0 Å². The summed E-state index contributed by atoms with van der Waals surface area (Å²) >= 11 is 0. The van der Waals surface area contributed by atoms with E-state index in [9.17, 15) is 19.5 Å². The van der Waals surface area contributed by atoms with Crippen LogP contribution in [0.15, 0.2) is 48.5 Å². The smallest absolute Gasteiger partial charge is 0.407 e. The van der Waals surface area contributed by atoms with Crippen LogP contribution in [0.2, 0.25) is 0 Å². The van der Waals surface area contributed by atoms with Gasteiger partial charge in [-0.15, -0.1) is 0 Å². The van der Waals surface area contributed by atoms with Crippen LogP contribution in [-0.4, -0.2) is 54.2 Å². The number of alkyl carbamates (subject to hydrolysis) is 1. The molecule has 2 aromatic rings. The number of aliphatic carboxylic acids is 1. The molecule has 0 bridgehead atoms. The molecule has 1 aliphatic heterocycles. The summed E-state index contributed by atoms with van der Waals surface area (Å²) in [6.07, 6.45) is 0.416. The maximum absolute atomic E-state index is 13.1. The van der Waals surface area contributed by atoms with Crippen molar-refractivity contribution in [3.8, 4) is 11.1 Å². The van der Waals surface area contributed by atoms with Crippen LogP contribution < -0.4 is 5.32 Å². The number of hydrogen-bond acceptors (Lipinski definition) is 4. The fraction of sp³-hybridized carbons (Fsp3) is 0.423. The second kappa shape index (κ2) is 9.25. The molecule has 2 aliphatic rings. The minimum Gasteiger partial charge on any atom is -0.481 e. The zero-order valence-electron chi connectivity index (χ0n) is 19.0. The predicted octanol–water partition coefficient (Wildman–Crippen LogP) is 3.87. The molecule has 174 valence electrons. The van der Waals surface area contributed by atoms with Crippen LogP contribution in [0.4, 0.5) is 4.79 Å². The van der Waals surface area contributed by atoms with E-state index in [1.165, 1.54) is 0 Å². The predicted molar refractivity (Wildman–Crippen MR) is 124 cm³/mol. The molecule has 4 rings (SSSR count). The van der Waals surface area contributed by atoms with E-state index in [1.807, 2.05) is 31.2 Å². The van der Waals surface area contributed by atoms with Gasteiger partial charge in [0.2, 0.25) is 5.91 Å². The number of fused-ring (bicyclic) bond motifs is 3. The zero-order valence-corrected chi connectivity index (χ0v) is 19.0. The van der Waals surface area contributed by atoms with Gasteiger partial charge >= 0.3 is 12.1 Å². The molecule has 0 saturated carbocycles. The van der Waals surface area contributed by atoms with Crippen LogP contribution in [0, 0.1) is 11.3 Å². The van der Waals surface area contributed by atoms with Gasteiger partial charge in [-0.05, 0) is 42.0 Å². The molecule has 1 heterocycles. The van der Waals surface area contributed by atoms with Gasteiger partial charge in [0.25, 0.3) is 0 Å². The lowest BCUT2D eigenvalue weighted by molar-refractivity contribution is -0.143. The lowest BCUT2D eigenvalue weighted by Crippen LogP contribution is -2.48. The number of carbonyl (C=O) groups excluding carboxylic acids is 2. The fourth-order valence-electron chi connectivity index (χ4n) is 4.80. The van der Waals surface area contributed by atoms with Crippen molar-refractivity contribution in [1.82, 2.24) is 10.2 Å². The maximum Gasteiger partial charge on any atom is 0.407 e. The molecule has 1 aliphatic carbocycles. The first-order valence-corrected chi connectivity index (χ1v) is 11.4. The van der Waals surface area contributed by atoms with E-state index in [0.29, 0.717) is 19.4 Å². The van der Waals surface area contributed by atoms with Gasteiger partial charge in [-0.1, -0.05) is 55.5 Å². The SMILES string of the molecule is CCC(C)(CNC(=O)OCC1c2ccccc2-c2ccccc21)C(=O)N1CCC(C(=O)O)C1. The normalized spacial score (nSPS) is 18.8. The Morgan fingerprint density at radius 2 is 1.70 bits per heavy atom. The summed E-state index contributed by atoms with van der Waals surface area (Å²) in [5.74, 6) is -1.56. The minimum absolute atomic E-state index is 0.0279. The average molecular weight is 451 g/mol. The van der Waals surface area contributed by atoms with Gasteiger partial charge in [-0.25, -0.2) is 4.79 Å². The first kappa shape index (κ1) is 22.8. The third-order valence-corrected chi connectivity index (χ3v) is 7.09. The van der Waals surface area contributed by atoms with Crippen molar-refractivity contribution in [2.45, 2.75) is 32.6 Å². The largest absolute Gasteiger partial charge is 0.481 e. The highest BCUT2D eigenvalue weighted by atomic mass is 16.5. The van der Waals surface area contributed by atoms with Gasteiger partial charge in [0.15, 0.2) is 0 Å². The maximum atomic E-state index is 13.1. The van der Waals surface area contributed by atoms with Crippen LogP contribution in [0.5, 0.6) is 0 Å². The van der Waals surface area contributed by atoms with Gasteiger partial charge in [-0.2, -0.15) is 0 Å². The number of nitrogens with one attached hydrogen (secondary N) is 1. The molecule has 0 spiro atoms. The number of carboxylic acids is 1. The highest BCUT2D eigenvalue weighted by molar-refractivity contribution is 5.84. The second-order valence-corrected chi connectivity index (χ2v) is 9.17. The number of carboxylic acid groups (broad SMARTS) is 1. The second-order valence-electron chi connectivity index (χ2n) is 9.17. The highest BCUT2D eigenvalue weighted by Gasteiger charge is 2.40. The van der Waals surface area contributed by atoms with E-state index in [0.717, 1.165) is 22.3 Å². The van der Waals surface area contributed by atoms with Crippen LogP contribution >= 0.6 is 0 Å². The summed E-state index contributed by atoms with van der Waals surface area (Å²) in [6.45, 7) is 4.68. The Hall–Kier alpha value is -3.35. The van der Waals surface area contributed by atoms with Crippen LogP contribution in [-0.2, 0) is 14.3 Å². The number of ether oxygens (including phenoxy) is 1. The number of hydrogen-bond donors (Lipinski definition) is 2. The molecule has 2 atom stereocenters. The fourth-order valence-corrected chi connectivity index (χ4v) is 4.80. The number of nitrogens with zero attached hydrogens (tertiary/aromatic N) is 1. The molecule has 2 N–H and O–H groups in total. The molecule has 1 fully saturated rings. The summed E-state index contributed by atoms with van der Waals surface area (Å²) in [6, 6.07) is 16.3. The highest BCUT2D eigenvalue weighted by Crippen LogP contribution is 2.44. The molecule has 7 nitrogen and oxygen atoms in total. The molecule has 33 heavy (non-hydrogen) atoms. The van der Waals surface area contributed by atoms with Gasteiger partial charge in [0, 0.05) is 25.6 Å². The Morgan fingerprint density at radius 1 is 1.09 bits per heavy atom. The molecule has 2 amide bonds. The Kier molecular flexibility index (Phi) is 6.40. The van der Waals surface area contributed by atoms with E-state index in [1.54, 1.807) is 11.8 Å². The standard InChI is InChI=1S/C26H30N2O5/c1-3-26(2,24(31)28-13-12-17(14-28)23(29)30)16-27-25(32)33-15-22-20-10-6-4-8-18(20)19-9-5-7-11-21(19)22/h4-11,17,22H,3,12-16H2,1-2H3,(H,27,32)(H,29,30). The first-order valence-electron chi connectivity index (χ1n) is 11.4. The van der Waals surface area contributed by atoms with E-state index in [4.69, 9.17) is 4.74 Å². The lowest BCUT2D eigenvalue weighted by Gasteiger charge is -2.31. The lowest BCUT2D eigenvalue weighted by atomic mass is 9.85. The van der Waals surface area contributed by atoms with Crippen molar-refractivity contribution in [2.75, 3.05) is 26.2 Å². The summed E-state index contributed by atoms with van der Waals surface area (Å²) in [5, 5.41) is 12.0. The molecular formula is C26H30N2O5. The quantitative estimate of drug-likeness (QED) is 0.668. The third-order valence-electron chi connectivity index (χ3n) is 7.09. The summed E-state index contributed by atoms with van der Waals surface area (Å²) < 4.78 is 5.58. The number of benzene rings is 2. The number of likely N-dealkylation sites (tertiary alicyclic amines) is 1. The Balaban J connectivity index is 1.35. The van der Waals surface area contributed by atoms with Gasteiger partial charge in [0.1, 0.15) is 6.61 Å². The van der Waals surface area contributed by atoms with E-state index in [2.05, 4.69) is 29.6 Å². The molecule has 0 radical (unpaired) electrons. The molecule has 0 aromatic heterocycles. The number of amides is 2.